The van der Waals surface area contributed by atoms with Gasteiger partial charge in [-0.2, -0.15) is 0 Å². The highest BCUT2D eigenvalue weighted by Gasteiger charge is 2.38. The van der Waals surface area contributed by atoms with Crippen molar-refractivity contribution in [1.29, 1.82) is 0 Å². The summed E-state index contributed by atoms with van der Waals surface area (Å²) in [4.78, 5) is 20.8. The Morgan fingerprint density at radius 1 is 1.19 bits per heavy atom. The van der Waals surface area contributed by atoms with E-state index in [1.165, 1.54) is 25.7 Å². The van der Waals surface area contributed by atoms with Gasteiger partial charge in [-0.25, -0.2) is 9.97 Å². The predicted molar refractivity (Wildman–Crippen MR) is 106 cm³/mol. The molecule has 144 valence electrons. The molecular weight excluding hydrogens is 364 g/mol. The lowest BCUT2D eigenvalue weighted by atomic mass is 9.85. The molecule has 2 heterocycles. The molecule has 2 N–H and O–H groups in total. The minimum absolute atomic E-state index is 0. The Bertz CT molecular complexity index is 770. The number of anilines is 1. The monoisotopic (exact) mass is 388 g/mol. The van der Waals surface area contributed by atoms with E-state index >= 15 is 0 Å². The van der Waals surface area contributed by atoms with Gasteiger partial charge in [-0.3, -0.25) is 4.79 Å². The molecule has 1 amide bonds. The number of rotatable bonds is 4. The zero-order valence-electron chi connectivity index (χ0n) is 15.4. The Morgan fingerprint density at radius 3 is 2.70 bits per heavy atom. The van der Waals surface area contributed by atoms with Crippen LogP contribution in [0.2, 0.25) is 0 Å². The van der Waals surface area contributed by atoms with Gasteiger partial charge in [0.1, 0.15) is 5.75 Å². The van der Waals surface area contributed by atoms with Crippen molar-refractivity contribution < 1.29 is 9.53 Å². The van der Waals surface area contributed by atoms with Crippen LogP contribution in [-0.4, -0.2) is 28.0 Å². The van der Waals surface area contributed by atoms with Gasteiger partial charge in [0.15, 0.2) is 0 Å². The molecule has 2 aliphatic rings. The Labute approximate surface area is 165 Å². The van der Waals surface area contributed by atoms with Crippen LogP contribution < -0.4 is 15.4 Å². The van der Waals surface area contributed by atoms with Crippen molar-refractivity contribution >= 4 is 24.0 Å². The highest BCUT2D eigenvalue weighted by molar-refractivity contribution is 5.95. The average Bonchev–Trinajstić information content (AvgIpc) is 3.08. The van der Waals surface area contributed by atoms with E-state index in [0.717, 1.165) is 17.8 Å². The first kappa shape index (κ1) is 19.6. The second-order valence-electron chi connectivity index (χ2n) is 7.20. The van der Waals surface area contributed by atoms with Crippen molar-refractivity contribution in [3.63, 3.8) is 0 Å². The quantitative estimate of drug-likeness (QED) is 0.831. The number of hydrogen-bond acceptors (Lipinski definition) is 5. The molecule has 7 heteroatoms. The molecule has 1 saturated heterocycles. The lowest BCUT2D eigenvalue weighted by Gasteiger charge is -2.24. The van der Waals surface area contributed by atoms with Crippen molar-refractivity contribution in [2.45, 2.75) is 51.1 Å². The highest BCUT2D eigenvalue weighted by Crippen LogP contribution is 2.33. The van der Waals surface area contributed by atoms with Crippen LogP contribution >= 0.6 is 12.4 Å². The zero-order chi connectivity index (χ0) is 17.9. The molecule has 6 nitrogen and oxygen atoms in total. The Kier molecular flexibility index (Phi) is 6.29. The van der Waals surface area contributed by atoms with Crippen molar-refractivity contribution in [3.8, 4) is 11.8 Å². The summed E-state index contributed by atoms with van der Waals surface area (Å²) in [6.45, 7) is 1.89. The third-order valence-corrected chi connectivity index (χ3v) is 5.28. The third-order valence-electron chi connectivity index (χ3n) is 5.28. The number of hydrogen-bond donors (Lipinski definition) is 2. The average molecular weight is 389 g/mol. The summed E-state index contributed by atoms with van der Waals surface area (Å²) in [6, 6.07) is 9.87. The normalized spacial score (nSPS) is 23.8. The molecular formula is C20H25ClN4O2. The summed E-state index contributed by atoms with van der Waals surface area (Å²) in [5.74, 6) is 1.35. The van der Waals surface area contributed by atoms with Gasteiger partial charge < -0.3 is 15.4 Å². The molecule has 2 aromatic rings. The van der Waals surface area contributed by atoms with E-state index in [1.807, 2.05) is 37.3 Å². The predicted octanol–water partition coefficient (Wildman–Crippen LogP) is 3.86. The molecule has 2 fully saturated rings. The van der Waals surface area contributed by atoms with E-state index in [9.17, 15) is 4.79 Å². The van der Waals surface area contributed by atoms with Gasteiger partial charge in [0.25, 0.3) is 0 Å². The highest BCUT2D eigenvalue weighted by atomic mass is 35.5. The first-order valence-corrected chi connectivity index (χ1v) is 9.32. The molecule has 3 atom stereocenters. The van der Waals surface area contributed by atoms with Crippen molar-refractivity contribution in [3.05, 3.63) is 42.2 Å². The molecule has 0 spiro atoms. The maximum atomic E-state index is 12.5. The van der Waals surface area contributed by atoms with Gasteiger partial charge in [-0.05, 0) is 62.4 Å². The summed E-state index contributed by atoms with van der Waals surface area (Å²) in [5, 5.41) is 6.51. The fraction of sp³-hybridized carbons (Fsp3) is 0.450. The molecule has 1 saturated carbocycles. The van der Waals surface area contributed by atoms with Gasteiger partial charge in [0.2, 0.25) is 5.91 Å². The van der Waals surface area contributed by atoms with E-state index in [4.69, 9.17) is 4.74 Å². The smallest absolute Gasteiger partial charge is 0.322 e. The summed E-state index contributed by atoms with van der Waals surface area (Å²) in [5.41, 5.74) is 1.62. The van der Waals surface area contributed by atoms with E-state index in [1.54, 1.807) is 6.20 Å². The van der Waals surface area contributed by atoms with Crippen molar-refractivity contribution in [1.82, 2.24) is 15.3 Å². The first-order valence-electron chi connectivity index (χ1n) is 9.32. The third kappa shape index (κ3) is 4.76. The largest absolute Gasteiger partial charge is 0.424 e. The van der Waals surface area contributed by atoms with Crippen LogP contribution in [0.25, 0.3) is 0 Å². The molecule has 4 rings (SSSR count). The van der Waals surface area contributed by atoms with Crippen LogP contribution in [0.15, 0.2) is 36.5 Å². The number of carbonyl (C=O) groups is 1. The second kappa shape index (κ2) is 8.67. The number of aryl methyl sites for hydroxylation is 1. The number of benzene rings is 1. The maximum absolute atomic E-state index is 12.5. The first-order chi connectivity index (χ1) is 12.7. The van der Waals surface area contributed by atoms with Crippen molar-refractivity contribution in [2.75, 3.05) is 5.32 Å². The second-order valence-corrected chi connectivity index (χ2v) is 7.20. The number of halogens is 1. The van der Waals surface area contributed by atoms with E-state index in [0.29, 0.717) is 23.7 Å². The summed E-state index contributed by atoms with van der Waals surface area (Å²) in [7, 11) is 0. The summed E-state index contributed by atoms with van der Waals surface area (Å²) in [6.07, 6.45) is 7.62. The fourth-order valence-electron chi connectivity index (χ4n) is 3.94. The number of amides is 1. The molecule has 0 bridgehead atoms. The molecule has 1 aromatic carbocycles. The SMILES string of the molecule is Cc1ccnc(Oc2ccc(NC(=O)C3CC4CCCCC4N3)cc2)n1.Cl. The number of aromatic nitrogens is 2. The Morgan fingerprint density at radius 2 is 1.96 bits per heavy atom. The van der Waals surface area contributed by atoms with Crippen LogP contribution in [0.3, 0.4) is 0 Å². The van der Waals surface area contributed by atoms with Gasteiger partial charge in [0, 0.05) is 23.6 Å². The summed E-state index contributed by atoms with van der Waals surface area (Å²) < 4.78 is 5.64. The minimum atomic E-state index is -0.0836. The molecule has 3 unspecified atom stereocenters. The van der Waals surface area contributed by atoms with Gasteiger partial charge in [-0.1, -0.05) is 12.8 Å². The number of nitrogens with one attached hydrogen (secondary N) is 2. The molecule has 27 heavy (non-hydrogen) atoms. The maximum Gasteiger partial charge on any atom is 0.322 e. The van der Waals surface area contributed by atoms with Gasteiger partial charge >= 0.3 is 6.01 Å². The Hall–Kier alpha value is -2.18. The van der Waals surface area contributed by atoms with Crippen LogP contribution in [0.1, 0.15) is 37.8 Å². The van der Waals surface area contributed by atoms with Crippen LogP contribution in [0.4, 0.5) is 5.69 Å². The van der Waals surface area contributed by atoms with Gasteiger partial charge in [0.05, 0.1) is 6.04 Å². The molecule has 0 radical (unpaired) electrons. The molecule has 1 aromatic heterocycles. The topological polar surface area (TPSA) is 76.1 Å². The van der Waals surface area contributed by atoms with Crippen molar-refractivity contribution in [2.24, 2.45) is 5.92 Å². The van der Waals surface area contributed by atoms with E-state index in [-0.39, 0.29) is 24.4 Å². The number of ether oxygens (including phenoxy) is 1. The lowest BCUT2D eigenvalue weighted by molar-refractivity contribution is -0.117. The lowest BCUT2D eigenvalue weighted by Crippen LogP contribution is -2.39. The molecule has 1 aliphatic heterocycles. The Balaban J connectivity index is 0.00000210. The van der Waals surface area contributed by atoms with Crippen LogP contribution in [-0.2, 0) is 4.79 Å². The number of fused-ring (bicyclic) bond motifs is 1. The number of carbonyl (C=O) groups excluding carboxylic acids is 1. The van der Waals surface area contributed by atoms with Crippen LogP contribution in [0, 0.1) is 12.8 Å². The fourth-order valence-corrected chi connectivity index (χ4v) is 3.94. The minimum Gasteiger partial charge on any atom is -0.424 e. The molecule has 1 aliphatic carbocycles. The van der Waals surface area contributed by atoms with E-state index < -0.39 is 0 Å². The summed E-state index contributed by atoms with van der Waals surface area (Å²) >= 11 is 0. The number of nitrogens with zero attached hydrogens (tertiary/aromatic N) is 2. The van der Waals surface area contributed by atoms with Crippen LogP contribution in [0.5, 0.6) is 11.8 Å². The standard InChI is InChI=1S/C20H24N4O2.ClH/c1-13-10-11-21-20(22-13)26-16-8-6-15(7-9-16)23-19(25)18-12-14-4-2-3-5-17(14)24-18;/h6-11,14,17-18,24H,2-5,12H2,1H3,(H,23,25);1H. The van der Waals surface area contributed by atoms with E-state index in [2.05, 4.69) is 20.6 Å². The van der Waals surface area contributed by atoms with Gasteiger partial charge in [-0.15, -0.1) is 12.4 Å². The zero-order valence-corrected chi connectivity index (χ0v) is 16.2.